The van der Waals surface area contributed by atoms with Crippen LogP contribution in [0.2, 0.25) is 0 Å². The standard InChI is InChI=1S/C7H15N3/c1-6-9-8-5-10(6)7(2,3)4/h8H,5H2,1-4H3. The normalized spacial score (nSPS) is 18.8. The molecule has 0 saturated heterocycles. The van der Waals surface area contributed by atoms with E-state index in [9.17, 15) is 0 Å². The van der Waals surface area contributed by atoms with Gasteiger partial charge < -0.3 is 4.90 Å². The topological polar surface area (TPSA) is 27.6 Å². The summed E-state index contributed by atoms with van der Waals surface area (Å²) in [4.78, 5) is 2.23. The molecule has 0 amide bonds. The Morgan fingerprint density at radius 2 is 2.10 bits per heavy atom. The largest absolute Gasteiger partial charge is 0.335 e. The Hall–Kier alpha value is -0.730. The fourth-order valence-corrected chi connectivity index (χ4v) is 1.12. The summed E-state index contributed by atoms with van der Waals surface area (Å²) in [5, 5.41) is 4.08. The highest BCUT2D eigenvalue weighted by Gasteiger charge is 2.24. The van der Waals surface area contributed by atoms with E-state index in [1.54, 1.807) is 0 Å². The number of hydrazone groups is 1. The molecule has 0 fully saturated rings. The molecule has 0 radical (unpaired) electrons. The quantitative estimate of drug-likeness (QED) is 0.544. The van der Waals surface area contributed by atoms with E-state index in [-0.39, 0.29) is 5.54 Å². The molecule has 1 heterocycles. The maximum absolute atomic E-state index is 4.08. The van der Waals surface area contributed by atoms with Crippen LogP contribution in [0.15, 0.2) is 5.10 Å². The van der Waals surface area contributed by atoms with Crippen LogP contribution < -0.4 is 5.43 Å². The number of hydrogen-bond donors (Lipinski definition) is 1. The second-order valence-corrected chi connectivity index (χ2v) is 3.57. The van der Waals surface area contributed by atoms with Crippen molar-refractivity contribution < 1.29 is 0 Å². The zero-order valence-electron chi connectivity index (χ0n) is 7.10. The monoisotopic (exact) mass is 141 g/mol. The first kappa shape index (κ1) is 7.38. The number of nitrogens with zero attached hydrogens (tertiary/aromatic N) is 2. The molecular weight excluding hydrogens is 126 g/mol. The second-order valence-electron chi connectivity index (χ2n) is 3.57. The lowest BCUT2D eigenvalue weighted by Crippen LogP contribution is -2.43. The van der Waals surface area contributed by atoms with Crippen LogP contribution >= 0.6 is 0 Å². The highest BCUT2D eigenvalue weighted by Crippen LogP contribution is 2.14. The fourth-order valence-electron chi connectivity index (χ4n) is 1.12. The summed E-state index contributed by atoms with van der Waals surface area (Å²) in [7, 11) is 0. The molecule has 1 N–H and O–H groups in total. The predicted molar refractivity (Wildman–Crippen MR) is 42.7 cm³/mol. The van der Waals surface area contributed by atoms with Gasteiger partial charge in [0.05, 0.1) is 0 Å². The van der Waals surface area contributed by atoms with Crippen LogP contribution in [0.5, 0.6) is 0 Å². The Kier molecular flexibility index (Phi) is 1.58. The molecule has 10 heavy (non-hydrogen) atoms. The Labute approximate surface area is 62.1 Å². The molecule has 0 unspecified atom stereocenters. The third-order valence-corrected chi connectivity index (χ3v) is 1.67. The van der Waals surface area contributed by atoms with Gasteiger partial charge in [0.25, 0.3) is 0 Å². The molecule has 0 atom stereocenters. The molecule has 0 bridgehead atoms. The molecule has 1 aliphatic rings. The first-order valence-corrected chi connectivity index (χ1v) is 3.56. The van der Waals surface area contributed by atoms with Gasteiger partial charge in [0.1, 0.15) is 12.5 Å². The molecule has 0 aromatic carbocycles. The van der Waals surface area contributed by atoms with Crippen LogP contribution in [-0.2, 0) is 0 Å². The molecule has 0 aromatic rings. The summed E-state index contributed by atoms with van der Waals surface area (Å²) in [5.74, 6) is 1.08. The van der Waals surface area contributed by atoms with E-state index < -0.39 is 0 Å². The summed E-state index contributed by atoms with van der Waals surface area (Å²) in [5.41, 5.74) is 3.13. The molecule has 58 valence electrons. The van der Waals surface area contributed by atoms with Gasteiger partial charge in [-0.2, -0.15) is 5.10 Å². The van der Waals surface area contributed by atoms with E-state index >= 15 is 0 Å². The zero-order chi connectivity index (χ0) is 7.78. The van der Waals surface area contributed by atoms with Crippen LogP contribution in [0.1, 0.15) is 27.7 Å². The summed E-state index contributed by atoms with van der Waals surface area (Å²) in [6, 6.07) is 0. The SMILES string of the molecule is CC1=NNCN1C(C)(C)C. The van der Waals surface area contributed by atoms with Gasteiger partial charge >= 0.3 is 0 Å². The average Bonchev–Trinajstić information content (AvgIpc) is 2.11. The molecule has 0 aliphatic carbocycles. The fraction of sp³-hybridized carbons (Fsp3) is 0.857. The summed E-state index contributed by atoms with van der Waals surface area (Å²) in [6.45, 7) is 9.40. The lowest BCUT2D eigenvalue weighted by molar-refractivity contribution is 0.242. The summed E-state index contributed by atoms with van der Waals surface area (Å²) < 4.78 is 0. The molecule has 0 saturated carbocycles. The lowest BCUT2D eigenvalue weighted by atomic mass is 10.1. The molecule has 0 aromatic heterocycles. The van der Waals surface area contributed by atoms with E-state index in [0.29, 0.717) is 0 Å². The van der Waals surface area contributed by atoms with Crippen molar-refractivity contribution in [3.8, 4) is 0 Å². The highest BCUT2D eigenvalue weighted by atomic mass is 15.5. The van der Waals surface area contributed by atoms with E-state index in [1.165, 1.54) is 0 Å². The van der Waals surface area contributed by atoms with Crippen molar-refractivity contribution in [1.82, 2.24) is 10.3 Å². The van der Waals surface area contributed by atoms with Gasteiger partial charge in [0.2, 0.25) is 0 Å². The molecule has 1 aliphatic heterocycles. The first-order chi connectivity index (χ1) is 4.52. The van der Waals surface area contributed by atoms with Crippen LogP contribution in [0.3, 0.4) is 0 Å². The highest BCUT2D eigenvalue weighted by molar-refractivity contribution is 5.81. The van der Waals surface area contributed by atoms with Crippen molar-refractivity contribution in [3.05, 3.63) is 0 Å². The van der Waals surface area contributed by atoms with Gasteiger partial charge in [-0.3, -0.25) is 5.43 Å². The van der Waals surface area contributed by atoms with Crippen LogP contribution in [0.25, 0.3) is 0 Å². The van der Waals surface area contributed by atoms with Gasteiger partial charge in [0.15, 0.2) is 0 Å². The first-order valence-electron chi connectivity index (χ1n) is 3.56. The second kappa shape index (κ2) is 2.15. The van der Waals surface area contributed by atoms with Gasteiger partial charge in [-0.15, -0.1) is 0 Å². The number of rotatable bonds is 0. The van der Waals surface area contributed by atoms with Crippen molar-refractivity contribution in [1.29, 1.82) is 0 Å². The van der Waals surface area contributed by atoms with Crippen molar-refractivity contribution in [2.45, 2.75) is 33.2 Å². The predicted octanol–water partition coefficient (Wildman–Crippen LogP) is 0.981. The lowest BCUT2D eigenvalue weighted by Gasteiger charge is -2.32. The Morgan fingerprint density at radius 1 is 1.50 bits per heavy atom. The molecule has 3 heteroatoms. The van der Waals surface area contributed by atoms with Gasteiger partial charge in [-0.1, -0.05) is 0 Å². The Bertz CT molecular complexity index is 155. The van der Waals surface area contributed by atoms with Gasteiger partial charge in [0, 0.05) is 5.54 Å². The van der Waals surface area contributed by atoms with Crippen LogP contribution in [0, 0.1) is 0 Å². The van der Waals surface area contributed by atoms with Crippen LogP contribution in [-0.4, -0.2) is 22.9 Å². The van der Waals surface area contributed by atoms with Crippen molar-refractivity contribution in [2.24, 2.45) is 5.10 Å². The third-order valence-electron chi connectivity index (χ3n) is 1.67. The minimum absolute atomic E-state index is 0.192. The summed E-state index contributed by atoms with van der Waals surface area (Å²) >= 11 is 0. The zero-order valence-corrected chi connectivity index (χ0v) is 7.10. The maximum atomic E-state index is 4.08. The van der Waals surface area contributed by atoms with Gasteiger partial charge in [-0.25, -0.2) is 0 Å². The van der Waals surface area contributed by atoms with E-state index in [1.807, 2.05) is 6.92 Å². The van der Waals surface area contributed by atoms with E-state index in [4.69, 9.17) is 0 Å². The van der Waals surface area contributed by atoms with Crippen molar-refractivity contribution in [2.75, 3.05) is 6.67 Å². The Balaban J connectivity index is 2.67. The minimum Gasteiger partial charge on any atom is -0.335 e. The molecule has 0 spiro atoms. The number of hydrogen-bond acceptors (Lipinski definition) is 3. The molecule has 3 nitrogen and oxygen atoms in total. The Morgan fingerprint density at radius 3 is 2.30 bits per heavy atom. The molecular formula is C7H15N3. The minimum atomic E-state index is 0.192. The average molecular weight is 141 g/mol. The number of nitrogens with one attached hydrogen (secondary N) is 1. The van der Waals surface area contributed by atoms with E-state index in [0.717, 1.165) is 12.5 Å². The van der Waals surface area contributed by atoms with Gasteiger partial charge in [-0.05, 0) is 27.7 Å². The maximum Gasteiger partial charge on any atom is 0.123 e. The smallest absolute Gasteiger partial charge is 0.123 e. The number of amidine groups is 1. The van der Waals surface area contributed by atoms with E-state index in [2.05, 4.69) is 36.2 Å². The van der Waals surface area contributed by atoms with Crippen LogP contribution in [0.4, 0.5) is 0 Å². The molecule has 1 rings (SSSR count). The third kappa shape index (κ3) is 1.23. The van der Waals surface area contributed by atoms with Crippen molar-refractivity contribution in [3.63, 3.8) is 0 Å². The summed E-state index contributed by atoms with van der Waals surface area (Å²) in [6.07, 6.45) is 0. The van der Waals surface area contributed by atoms with Crippen molar-refractivity contribution >= 4 is 5.84 Å².